The van der Waals surface area contributed by atoms with Crippen LogP contribution in [0.2, 0.25) is 0 Å². The molecule has 146 valence electrons. The summed E-state index contributed by atoms with van der Waals surface area (Å²) in [6.45, 7) is 4.49. The molecule has 0 radical (unpaired) electrons. The second-order valence-corrected chi connectivity index (χ2v) is 6.51. The molecule has 1 saturated heterocycles. The van der Waals surface area contributed by atoms with Crippen LogP contribution in [0.3, 0.4) is 0 Å². The molecule has 0 bridgehead atoms. The number of carboxylic acid groups (broad SMARTS) is 1. The number of carbonyl (C=O) groups is 3. The first kappa shape index (κ1) is 19.2. The number of nitrogens with one attached hydrogen (secondary N) is 2. The van der Waals surface area contributed by atoms with E-state index >= 15 is 0 Å². The van der Waals surface area contributed by atoms with E-state index in [4.69, 9.17) is 4.74 Å². The van der Waals surface area contributed by atoms with Gasteiger partial charge in [-0.15, -0.1) is 0 Å². The minimum absolute atomic E-state index is 0.130. The summed E-state index contributed by atoms with van der Waals surface area (Å²) in [6, 6.07) is 7.71. The predicted octanol–water partition coefficient (Wildman–Crippen LogP) is 2.79. The number of rotatable bonds is 5. The largest absolute Gasteiger partial charge is 0.495 e. The van der Waals surface area contributed by atoms with Crippen molar-refractivity contribution in [2.45, 2.75) is 13.8 Å². The third-order valence-corrected chi connectivity index (χ3v) is 4.64. The highest BCUT2D eigenvalue weighted by atomic mass is 16.5. The van der Waals surface area contributed by atoms with E-state index < -0.39 is 11.9 Å². The fourth-order valence-corrected chi connectivity index (χ4v) is 3.16. The quantitative estimate of drug-likeness (QED) is 0.736. The molecule has 0 atom stereocenters. The molecule has 2 aromatic carbocycles. The van der Waals surface area contributed by atoms with Gasteiger partial charge in [-0.25, -0.2) is 9.59 Å². The van der Waals surface area contributed by atoms with Crippen molar-refractivity contribution in [3.05, 3.63) is 52.6 Å². The standard InChI is InChI=1S/C20H21N3O5/c1-11-8-12(2)15(10-14(11)19(25)26)22-18(24)13-4-5-17(28-3)16(9-13)23-7-6-21-20(23)27/h4-5,8-10H,6-7H2,1-3H3,(H,21,27)(H,22,24)(H,25,26). The Morgan fingerprint density at radius 1 is 1.18 bits per heavy atom. The van der Waals surface area contributed by atoms with Gasteiger partial charge in [0.25, 0.3) is 5.91 Å². The van der Waals surface area contributed by atoms with Crippen molar-refractivity contribution in [2.24, 2.45) is 0 Å². The molecule has 0 unspecified atom stereocenters. The van der Waals surface area contributed by atoms with Crippen molar-refractivity contribution in [2.75, 3.05) is 30.4 Å². The molecule has 2 aromatic rings. The number of carbonyl (C=O) groups excluding carboxylic acids is 2. The summed E-state index contributed by atoms with van der Waals surface area (Å²) in [5, 5.41) is 14.8. The van der Waals surface area contributed by atoms with Crippen LogP contribution in [0, 0.1) is 13.8 Å². The van der Waals surface area contributed by atoms with Crippen molar-refractivity contribution in [3.63, 3.8) is 0 Å². The summed E-state index contributed by atoms with van der Waals surface area (Å²) in [6.07, 6.45) is 0. The summed E-state index contributed by atoms with van der Waals surface area (Å²) in [5.74, 6) is -0.986. The van der Waals surface area contributed by atoms with Gasteiger partial charge in [-0.1, -0.05) is 6.07 Å². The zero-order valence-electron chi connectivity index (χ0n) is 15.8. The van der Waals surface area contributed by atoms with Crippen LogP contribution in [0.15, 0.2) is 30.3 Å². The van der Waals surface area contributed by atoms with Crippen LogP contribution < -0.4 is 20.3 Å². The summed E-state index contributed by atoms with van der Waals surface area (Å²) >= 11 is 0. The number of nitrogens with zero attached hydrogens (tertiary/aromatic N) is 1. The molecule has 3 rings (SSSR count). The van der Waals surface area contributed by atoms with Gasteiger partial charge in [-0.2, -0.15) is 0 Å². The van der Waals surface area contributed by atoms with Crippen LogP contribution in [0.5, 0.6) is 5.75 Å². The van der Waals surface area contributed by atoms with Crippen molar-refractivity contribution >= 4 is 29.3 Å². The number of aryl methyl sites for hydroxylation is 2. The fourth-order valence-electron chi connectivity index (χ4n) is 3.16. The van der Waals surface area contributed by atoms with Crippen molar-refractivity contribution in [1.29, 1.82) is 0 Å². The highest BCUT2D eigenvalue weighted by Crippen LogP contribution is 2.31. The number of ether oxygens (including phenoxy) is 1. The minimum Gasteiger partial charge on any atom is -0.495 e. The Hall–Kier alpha value is -3.55. The van der Waals surface area contributed by atoms with Gasteiger partial charge < -0.3 is 20.5 Å². The van der Waals surface area contributed by atoms with Gasteiger partial charge in [0.05, 0.1) is 18.4 Å². The first-order chi connectivity index (χ1) is 13.3. The first-order valence-corrected chi connectivity index (χ1v) is 8.71. The maximum absolute atomic E-state index is 12.8. The van der Waals surface area contributed by atoms with E-state index in [-0.39, 0.29) is 11.6 Å². The third-order valence-electron chi connectivity index (χ3n) is 4.64. The maximum Gasteiger partial charge on any atom is 0.336 e. The van der Waals surface area contributed by atoms with E-state index in [2.05, 4.69) is 10.6 Å². The molecule has 1 fully saturated rings. The molecule has 8 nitrogen and oxygen atoms in total. The molecule has 0 saturated carbocycles. The van der Waals surface area contributed by atoms with Gasteiger partial charge in [-0.05, 0) is 49.2 Å². The number of anilines is 2. The summed E-state index contributed by atoms with van der Waals surface area (Å²) in [7, 11) is 1.50. The van der Waals surface area contributed by atoms with Crippen LogP contribution in [0.25, 0.3) is 0 Å². The van der Waals surface area contributed by atoms with E-state index in [1.54, 1.807) is 38.1 Å². The lowest BCUT2D eigenvalue weighted by atomic mass is 10.0. The van der Waals surface area contributed by atoms with Gasteiger partial charge >= 0.3 is 12.0 Å². The number of urea groups is 1. The Labute approximate surface area is 162 Å². The highest BCUT2D eigenvalue weighted by Gasteiger charge is 2.25. The SMILES string of the molecule is COc1ccc(C(=O)Nc2cc(C(=O)O)c(C)cc2C)cc1N1CCNC1=O. The Morgan fingerprint density at radius 2 is 1.93 bits per heavy atom. The monoisotopic (exact) mass is 383 g/mol. The van der Waals surface area contributed by atoms with E-state index in [1.165, 1.54) is 18.1 Å². The molecule has 0 spiro atoms. The van der Waals surface area contributed by atoms with Crippen LogP contribution in [0.1, 0.15) is 31.8 Å². The van der Waals surface area contributed by atoms with E-state index in [1.807, 2.05) is 0 Å². The van der Waals surface area contributed by atoms with Crippen LogP contribution >= 0.6 is 0 Å². The van der Waals surface area contributed by atoms with Crippen LogP contribution in [0.4, 0.5) is 16.2 Å². The fraction of sp³-hybridized carbons (Fsp3) is 0.250. The molecule has 1 aliphatic heterocycles. The lowest BCUT2D eigenvalue weighted by Gasteiger charge is -2.19. The number of methoxy groups -OCH3 is 1. The lowest BCUT2D eigenvalue weighted by Crippen LogP contribution is -2.28. The first-order valence-electron chi connectivity index (χ1n) is 8.71. The molecule has 8 heteroatoms. The summed E-state index contributed by atoms with van der Waals surface area (Å²) < 4.78 is 5.31. The Balaban J connectivity index is 1.92. The minimum atomic E-state index is -1.06. The third kappa shape index (κ3) is 3.62. The summed E-state index contributed by atoms with van der Waals surface area (Å²) in [5.41, 5.74) is 2.75. The van der Waals surface area contributed by atoms with Crippen molar-refractivity contribution in [3.8, 4) is 5.75 Å². The molecular weight excluding hydrogens is 362 g/mol. The number of hydrogen-bond donors (Lipinski definition) is 3. The van der Waals surface area contributed by atoms with Gasteiger partial charge in [0.15, 0.2) is 0 Å². The number of aromatic carboxylic acids is 1. The lowest BCUT2D eigenvalue weighted by molar-refractivity contribution is 0.0695. The van der Waals surface area contributed by atoms with Crippen molar-refractivity contribution < 1.29 is 24.2 Å². The number of benzene rings is 2. The number of hydrogen-bond acceptors (Lipinski definition) is 4. The van der Waals surface area contributed by atoms with Gasteiger partial charge in [-0.3, -0.25) is 9.69 Å². The van der Waals surface area contributed by atoms with Gasteiger partial charge in [0.2, 0.25) is 0 Å². The highest BCUT2D eigenvalue weighted by molar-refractivity contribution is 6.07. The zero-order chi connectivity index (χ0) is 20.4. The second kappa shape index (κ2) is 7.59. The molecule has 1 heterocycles. The summed E-state index contributed by atoms with van der Waals surface area (Å²) in [4.78, 5) is 37.6. The smallest absolute Gasteiger partial charge is 0.336 e. The Morgan fingerprint density at radius 3 is 2.54 bits per heavy atom. The van der Waals surface area contributed by atoms with Crippen molar-refractivity contribution in [1.82, 2.24) is 5.32 Å². The average Bonchev–Trinajstić information content (AvgIpc) is 3.08. The van der Waals surface area contributed by atoms with Gasteiger partial charge in [0, 0.05) is 24.3 Å². The normalized spacial score (nSPS) is 13.2. The predicted molar refractivity (Wildman–Crippen MR) is 105 cm³/mol. The van der Waals surface area contributed by atoms with E-state index in [0.717, 1.165) is 5.56 Å². The molecule has 28 heavy (non-hydrogen) atoms. The van der Waals surface area contributed by atoms with E-state index in [9.17, 15) is 19.5 Å². The molecule has 3 amide bonds. The topological polar surface area (TPSA) is 108 Å². The Kier molecular flexibility index (Phi) is 5.21. The van der Waals surface area contributed by atoms with E-state index in [0.29, 0.717) is 41.3 Å². The molecule has 0 aromatic heterocycles. The zero-order valence-corrected chi connectivity index (χ0v) is 15.8. The maximum atomic E-state index is 12.8. The molecule has 0 aliphatic carbocycles. The number of carboxylic acids is 1. The van der Waals surface area contributed by atoms with Crippen LogP contribution in [-0.4, -0.2) is 43.2 Å². The Bertz CT molecular complexity index is 971. The average molecular weight is 383 g/mol. The molecule has 1 aliphatic rings. The molecule has 3 N–H and O–H groups in total. The number of amides is 3. The molecular formula is C20H21N3O5. The van der Waals surface area contributed by atoms with Gasteiger partial charge in [0.1, 0.15) is 5.75 Å². The second-order valence-electron chi connectivity index (χ2n) is 6.51. The van der Waals surface area contributed by atoms with Crippen LogP contribution in [-0.2, 0) is 0 Å².